The molecule has 0 saturated heterocycles. The first-order valence-corrected chi connectivity index (χ1v) is 3.38. The molecule has 2 aromatic rings. The molecule has 1 N–H and O–H groups in total. The average Bonchev–Trinajstić information content (AvgIpc) is 2.46. The van der Waals surface area contributed by atoms with Crippen molar-refractivity contribution in [2.45, 2.75) is 6.67 Å². The Morgan fingerprint density at radius 3 is 3.18 bits per heavy atom. The first kappa shape index (κ1) is 6.34. The Hall–Kier alpha value is -1.38. The van der Waals surface area contributed by atoms with E-state index in [0.29, 0.717) is 5.69 Å². The number of alkyl halides is 1. The van der Waals surface area contributed by atoms with E-state index in [9.17, 15) is 4.39 Å². The van der Waals surface area contributed by atoms with Gasteiger partial charge < -0.3 is 4.98 Å². The highest BCUT2D eigenvalue weighted by Crippen LogP contribution is 2.13. The van der Waals surface area contributed by atoms with Crippen molar-refractivity contribution in [3.63, 3.8) is 0 Å². The molecule has 3 heteroatoms. The number of halogens is 1. The van der Waals surface area contributed by atoms with E-state index in [-0.39, 0.29) is 0 Å². The van der Waals surface area contributed by atoms with E-state index >= 15 is 0 Å². The van der Waals surface area contributed by atoms with Crippen LogP contribution in [0.25, 0.3) is 10.9 Å². The van der Waals surface area contributed by atoms with E-state index in [2.05, 4.69) is 9.97 Å². The third-order valence-electron chi connectivity index (χ3n) is 1.62. The summed E-state index contributed by atoms with van der Waals surface area (Å²) in [5.41, 5.74) is 1.49. The summed E-state index contributed by atoms with van der Waals surface area (Å²) in [5.74, 6) is 0. The minimum Gasteiger partial charge on any atom is -0.355 e. The molecule has 0 aliphatic rings. The van der Waals surface area contributed by atoms with Crippen molar-refractivity contribution in [2.75, 3.05) is 0 Å². The highest BCUT2D eigenvalue weighted by atomic mass is 19.1. The molecule has 0 unspecified atom stereocenters. The highest BCUT2D eigenvalue weighted by Gasteiger charge is 1.97. The van der Waals surface area contributed by atoms with Gasteiger partial charge >= 0.3 is 0 Å². The Balaban J connectivity index is 2.69. The smallest absolute Gasteiger partial charge is 0.129 e. The Bertz CT molecular complexity index is 334. The Labute approximate surface area is 63.1 Å². The van der Waals surface area contributed by atoms with Crippen molar-refractivity contribution < 1.29 is 4.39 Å². The zero-order valence-electron chi connectivity index (χ0n) is 5.84. The van der Waals surface area contributed by atoms with Gasteiger partial charge in [0.25, 0.3) is 0 Å². The van der Waals surface area contributed by atoms with Gasteiger partial charge in [-0.25, -0.2) is 4.39 Å². The molecule has 2 aromatic heterocycles. The standard InChI is InChI=1S/C8H7FN2/c9-4-7-3-6-1-2-10-5-8(6)11-7/h1-3,5,11H,4H2. The van der Waals surface area contributed by atoms with E-state index < -0.39 is 6.67 Å². The van der Waals surface area contributed by atoms with Crippen molar-refractivity contribution in [3.8, 4) is 0 Å². The van der Waals surface area contributed by atoms with Gasteiger partial charge in [0.05, 0.1) is 11.7 Å². The highest BCUT2D eigenvalue weighted by molar-refractivity contribution is 5.79. The molecule has 0 aromatic carbocycles. The lowest BCUT2D eigenvalue weighted by molar-refractivity contribution is 0.478. The van der Waals surface area contributed by atoms with Crippen LogP contribution in [0.5, 0.6) is 0 Å². The number of nitrogens with zero attached hydrogens (tertiary/aromatic N) is 1. The molecule has 0 bridgehead atoms. The number of nitrogens with one attached hydrogen (secondary N) is 1. The third kappa shape index (κ3) is 0.981. The second-order valence-corrected chi connectivity index (χ2v) is 2.39. The lowest BCUT2D eigenvalue weighted by Crippen LogP contribution is -1.74. The largest absolute Gasteiger partial charge is 0.355 e. The van der Waals surface area contributed by atoms with Crippen LogP contribution in [-0.2, 0) is 6.67 Å². The summed E-state index contributed by atoms with van der Waals surface area (Å²) in [5, 5.41) is 1.01. The fourth-order valence-electron chi connectivity index (χ4n) is 1.10. The summed E-state index contributed by atoms with van der Waals surface area (Å²) in [6, 6.07) is 3.64. The number of H-pyrrole nitrogens is 1. The molecule has 0 amide bonds. The molecule has 0 fully saturated rings. The summed E-state index contributed by atoms with van der Waals surface area (Å²) in [7, 11) is 0. The van der Waals surface area contributed by atoms with E-state index in [0.717, 1.165) is 10.9 Å². The quantitative estimate of drug-likeness (QED) is 0.662. The first-order valence-electron chi connectivity index (χ1n) is 3.38. The van der Waals surface area contributed by atoms with E-state index in [1.165, 1.54) is 0 Å². The minimum atomic E-state index is -0.450. The topological polar surface area (TPSA) is 28.7 Å². The summed E-state index contributed by atoms with van der Waals surface area (Å²) < 4.78 is 12.1. The van der Waals surface area contributed by atoms with Crippen molar-refractivity contribution in [2.24, 2.45) is 0 Å². The molecule has 2 rings (SSSR count). The number of fused-ring (bicyclic) bond motifs is 1. The molecule has 2 nitrogen and oxygen atoms in total. The van der Waals surface area contributed by atoms with Crippen LogP contribution in [-0.4, -0.2) is 9.97 Å². The first-order chi connectivity index (χ1) is 5.40. The maximum absolute atomic E-state index is 12.1. The maximum Gasteiger partial charge on any atom is 0.129 e. The van der Waals surface area contributed by atoms with Crippen molar-refractivity contribution in [1.82, 2.24) is 9.97 Å². The second-order valence-electron chi connectivity index (χ2n) is 2.39. The monoisotopic (exact) mass is 150 g/mol. The van der Waals surface area contributed by atoms with Gasteiger partial charge in [-0.05, 0) is 12.1 Å². The van der Waals surface area contributed by atoms with Gasteiger partial charge in [-0.15, -0.1) is 0 Å². The number of rotatable bonds is 1. The van der Waals surface area contributed by atoms with E-state index in [4.69, 9.17) is 0 Å². The Morgan fingerprint density at radius 2 is 2.45 bits per heavy atom. The van der Waals surface area contributed by atoms with Crippen LogP contribution < -0.4 is 0 Å². The zero-order valence-corrected chi connectivity index (χ0v) is 5.84. The number of aromatic amines is 1. The molecule has 2 heterocycles. The lowest BCUT2D eigenvalue weighted by atomic mass is 10.3. The molecular formula is C8H7FN2. The fourth-order valence-corrected chi connectivity index (χ4v) is 1.10. The van der Waals surface area contributed by atoms with Crippen LogP contribution in [0.3, 0.4) is 0 Å². The normalized spacial score (nSPS) is 10.6. The second kappa shape index (κ2) is 2.34. The molecule has 0 aliphatic heterocycles. The Kier molecular flexibility index (Phi) is 1.35. The van der Waals surface area contributed by atoms with Crippen LogP contribution in [0.15, 0.2) is 24.5 Å². The van der Waals surface area contributed by atoms with Gasteiger partial charge in [0.15, 0.2) is 0 Å². The number of hydrogen-bond acceptors (Lipinski definition) is 1. The zero-order chi connectivity index (χ0) is 7.68. The van der Waals surface area contributed by atoms with Crippen LogP contribution in [0.1, 0.15) is 5.69 Å². The number of hydrogen-bond donors (Lipinski definition) is 1. The summed E-state index contributed by atoms with van der Waals surface area (Å²) in [4.78, 5) is 6.81. The lowest BCUT2D eigenvalue weighted by Gasteiger charge is -1.83. The number of pyridine rings is 1. The van der Waals surface area contributed by atoms with Gasteiger partial charge in [0.1, 0.15) is 6.67 Å². The molecular weight excluding hydrogens is 143 g/mol. The SMILES string of the molecule is FCc1cc2ccncc2[nH]1. The molecule has 0 saturated carbocycles. The number of aromatic nitrogens is 2. The molecule has 56 valence electrons. The van der Waals surface area contributed by atoms with Crippen molar-refractivity contribution in [1.29, 1.82) is 0 Å². The van der Waals surface area contributed by atoms with Gasteiger partial charge in [0, 0.05) is 17.3 Å². The van der Waals surface area contributed by atoms with Crippen LogP contribution in [0.4, 0.5) is 4.39 Å². The minimum absolute atomic E-state index is 0.450. The molecule has 0 aliphatic carbocycles. The van der Waals surface area contributed by atoms with Crippen LogP contribution in [0, 0.1) is 0 Å². The van der Waals surface area contributed by atoms with Gasteiger partial charge in [0.2, 0.25) is 0 Å². The predicted octanol–water partition coefficient (Wildman–Crippen LogP) is 2.03. The summed E-state index contributed by atoms with van der Waals surface area (Å²) in [6.07, 6.45) is 3.38. The summed E-state index contributed by atoms with van der Waals surface area (Å²) >= 11 is 0. The van der Waals surface area contributed by atoms with Crippen LogP contribution in [0.2, 0.25) is 0 Å². The van der Waals surface area contributed by atoms with Gasteiger partial charge in [-0.3, -0.25) is 4.98 Å². The fraction of sp³-hybridized carbons (Fsp3) is 0.125. The van der Waals surface area contributed by atoms with Crippen molar-refractivity contribution >= 4 is 10.9 Å². The predicted molar refractivity (Wildman–Crippen MR) is 40.9 cm³/mol. The van der Waals surface area contributed by atoms with E-state index in [1.807, 2.05) is 6.07 Å². The third-order valence-corrected chi connectivity index (χ3v) is 1.62. The Morgan fingerprint density at radius 1 is 1.55 bits per heavy atom. The molecule has 0 spiro atoms. The summed E-state index contributed by atoms with van der Waals surface area (Å²) in [6.45, 7) is -0.450. The molecule has 11 heavy (non-hydrogen) atoms. The average molecular weight is 150 g/mol. The van der Waals surface area contributed by atoms with E-state index in [1.54, 1.807) is 18.5 Å². The van der Waals surface area contributed by atoms with Crippen LogP contribution >= 0.6 is 0 Å². The molecule has 0 radical (unpaired) electrons. The van der Waals surface area contributed by atoms with Crippen molar-refractivity contribution in [3.05, 3.63) is 30.2 Å². The van der Waals surface area contributed by atoms with Gasteiger partial charge in [-0.1, -0.05) is 0 Å². The van der Waals surface area contributed by atoms with Gasteiger partial charge in [-0.2, -0.15) is 0 Å². The maximum atomic E-state index is 12.1. The molecule has 0 atom stereocenters.